The molecule has 0 aliphatic rings. The topological polar surface area (TPSA) is 77.0 Å². The van der Waals surface area contributed by atoms with Crippen molar-refractivity contribution >= 4 is 38.8 Å². The van der Waals surface area contributed by atoms with Gasteiger partial charge >= 0.3 is 0 Å². The predicted octanol–water partition coefficient (Wildman–Crippen LogP) is 3.71. The third kappa shape index (κ3) is 5.34. The lowest BCUT2D eigenvalue weighted by molar-refractivity contribution is 0.286. The van der Waals surface area contributed by atoms with Gasteiger partial charge in [0.25, 0.3) is 10.0 Å². The highest BCUT2D eigenvalue weighted by atomic mass is 127. The third-order valence-electron chi connectivity index (χ3n) is 3.34. The molecule has 0 atom stereocenters. The minimum atomic E-state index is -3.70. The summed E-state index contributed by atoms with van der Waals surface area (Å²) in [6.45, 7) is 6.71. The molecule has 1 N–H and O–H groups in total. The van der Waals surface area contributed by atoms with Gasteiger partial charge in [0.05, 0.1) is 27.9 Å². The molecule has 0 aromatic heterocycles. The highest BCUT2D eigenvalue weighted by Crippen LogP contribution is 2.33. The van der Waals surface area contributed by atoms with Crippen molar-refractivity contribution in [3.8, 4) is 11.5 Å². The van der Waals surface area contributed by atoms with Crippen LogP contribution in [0, 0.1) is 10.5 Å². The number of hydrogen-bond donors (Lipinski definition) is 1. The number of sulfonamides is 1. The van der Waals surface area contributed by atoms with Crippen LogP contribution in [0.5, 0.6) is 11.5 Å². The van der Waals surface area contributed by atoms with Crippen LogP contribution in [0.3, 0.4) is 0 Å². The average molecular weight is 488 g/mol. The van der Waals surface area contributed by atoms with Crippen LogP contribution in [-0.4, -0.2) is 27.8 Å². The van der Waals surface area contributed by atoms with Gasteiger partial charge in [-0.25, -0.2) is 4.83 Å². The maximum atomic E-state index is 12.2. The van der Waals surface area contributed by atoms with Gasteiger partial charge in [0, 0.05) is 0 Å². The summed E-state index contributed by atoms with van der Waals surface area (Å²) in [6, 6.07) is 10.2. The van der Waals surface area contributed by atoms with E-state index in [4.69, 9.17) is 9.47 Å². The van der Waals surface area contributed by atoms with Crippen molar-refractivity contribution in [2.45, 2.75) is 25.7 Å². The Labute approximate surface area is 167 Å². The lowest BCUT2D eigenvalue weighted by atomic mass is 10.2. The molecule has 0 heterocycles. The van der Waals surface area contributed by atoms with Gasteiger partial charge in [-0.1, -0.05) is 17.7 Å². The van der Waals surface area contributed by atoms with E-state index in [0.717, 1.165) is 9.13 Å². The first-order chi connectivity index (χ1) is 12.4. The second-order valence-electron chi connectivity index (χ2n) is 5.36. The van der Waals surface area contributed by atoms with Crippen molar-refractivity contribution in [1.82, 2.24) is 4.83 Å². The number of rotatable bonds is 8. The van der Waals surface area contributed by atoms with Crippen LogP contribution in [-0.2, 0) is 10.0 Å². The van der Waals surface area contributed by atoms with Crippen molar-refractivity contribution in [1.29, 1.82) is 0 Å². The van der Waals surface area contributed by atoms with Gasteiger partial charge in [0.1, 0.15) is 0 Å². The standard InChI is InChI=1S/C18H21IN2O4S/c1-4-24-17-11-14(10-16(19)18(17)25-5-2)12-20-21-26(22,23)15-8-6-13(3)7-9-15/h6-12,21H,4-5H2,1-3H3/b20-12-. The summed E-state index contributed by atoms with van der Waals surface area (Å²) in [6.07, 6.45) is 1.44. The van der Waals surface area contributed by atoms with Gasteiger partial charge in [-0.15, -0.1) is 0 Å². The molecule has 0 bridgehead atoms. The van der Waals surface area contributed by atoms with E-state index in [0.29, 0.717) is 30.3 Å². The fourth-order valence-corrected chi connectivity index (χ4v) is 3.72. The minimum Gasteiger partial charge on any atom is -0.490 e. The van der Waals surface area contributed by atoms with Crippen molar-refractivity contribution in [2.75, 3.05) is 13.2 Å². The Bertz CT molecular complexity index is 881. The summed E-state index contributed by atoms with van der Waals surface area (Å²) in [5.74, 6) is 1.27. The highest BCUT2D eigenvalue weighted by Gasteiger charge is 2.13. The second-order valence-corrected chi connectivity index (χ2v) is 8.19. The number of nitrogens with one attached hydrogen (secondary N) is 1. The Morgan fingerprint density at radius 2 is 1.77 bits per heavy atom. The van der Waals surface area contributed by atoms with E-state index >= 15 is 0 Å². The first kappa shape index (κ1) is 20.5. The van der Waals surface area contributed by atoms with E-state index in [1.165, 1.54) is 6.21 Å². The van der Waals surface area contributed by atoms with Gasteiger partial charge in [0.15, 0.2) is 11.5 Å². The van der Waals surface area contributed by atoms with Crippen LogP contribution in [0.4, 0.5) is 0 Å². The molecule has 2 aromatic rings. The monoisotopic (exact) mass is 488 g/mol. The zero-order valence-corrected chi connectivity index (χ0v) is 17.8. The average Bonchev–Trinajstić information content (AvgIpc) is 2.58. The lowest BCUT2D eigenvalue weighted by Crippen LogP contribution is -2.18. The summed E-state index contributed by atoms with van der Waals surface area (Å²) in [7, 11) is -3.70. The lowest BCUT2D eigenvalue weighted by Gasteiger charge is -2.13. The van der Waals surface area contributed by atoms with Gasteiger partial charge < -0.3 is 9.47 Å². The van der Waals surface area contributed by atoms with Crippen molar-refractivity contribution in [2.24, 2.45) is 5.10 Å². The van der Waals surface area contributed by atoms with Crippen LogP contribution < -0.4 is 14.3 Å². The molecule has 0 aliphatic carbocycles. The molecule has 2 aromatic carbocycles. The van der Waals surface area contributed by atoms with Crippen molar-refractivity contribution in [3.63, 3.8) is 0 Å². The molecule has 140 valence electrons. The summed E-state index contributed by atoms with van der Waals surface area (Å²) in [4.78, 5) is 2.38. The maximum Gasteiger partial charge on any atom is 0.276 e. The van der Waals surface area contributed by atoms with E-state index < -0.39 is 10.0 Å². The minimum absolute atomic E-state index is 0.163. The smallest absolute Gasteiger partial charge is 0.276 e. The molecule has 0 amide bonds. The SMILES string of the molecule is CCOc1cc(/C=N\NS(=O)(=O)c2ccc(C)cc2)cc(I)c1OCC. The number of hydrazone groups is 1. The Kier molecular flexibility index (Phi) is 7.27. The number of aryl methyl sites for hydroxylation is 1. The Hall–Kier alpha value is -1.81. The molecule has 6 nitrogen and oxygen atoms in total. The Morgan fingerprint density at radius 3 is 2.38 bits per heavy atom. The van der Waals surface area contributed by atoms with Crippen LogP contribution in [0.1, 0.15) is 25.0 Å². The summed E-state index contributed by atoms with van der Waals surface area (Å²) in [5.41, 5.74) is 1.69. The van der Waals surface area contributed by atoms with Crippen molar-refractivity contribution < 1.29 is 17.9 Å². The van der Waals surface area contributed by atoms with Crippen LogP contribution in [0.15, 0.2) is 46.4 Å². The van der Waals surface area contributed by atoms with E-state index in [1.54, 1.807) is 30.3 Å². The number of benzene rings is 2. The van der Waals surface area contributed by atoms with Crippen LogP contribution in [0.25, 0.3) is 0 Å². The number of nitrogens with zero attached hydrogens (tertiary/aromatic N) is 1. The summed E-state index contributed by atoms with van der Waals surface area (Å²) < 4.78 is 36.6. The van der Waals surface area contributed by atoms with E-state index in [-0.39, 0.29) is 4.90 Å². The molecule has 0 spiro atoms. The first-order valence-electron chi connectivity index (χ1n) is 8.08. The molecule has 0 fully saturated rings. The molecule has 0 saturated heterocycles. The van der Waals surface area contributed by atoms with Gasteiger partial charge in [0.2, 0.25) is 0 Å². The van der Waals surface area contributed by atoms with Gasteiger partial charge in [-0.05, 0) is 73.2 Å². The van der Waals surface area contributed by atoms with Crippen molar-refractivity contribution in [3.05, 3.63) is 51.1 Å². The Balaban J connectivity index is 2.20. The van der Waals surface area contributed by atoms with Gasteiger partial charge in [-0.2, -0.15) is 13.5 Å². The molecule has 8 heteroatoms. The van der Waals surface area contributed by atoms with Crippen LogP contribution in [0.2, 0.25) is 0 Å². The molecular weight excluding hydrogens is 467 g/mol. The predicted molar refractivity (Wildman–Crippen MR) is 111 cm³/mol. The zero-order chi connectivity index (χ0) is 19.2. The normalized spacial score (nSPS) is 11.5. The molecule has 0 aliphatic heterocycles. The Morgan fingerprint density at radius 1 is 1.12 bits per heavy atom. The van der Waals surface area contributed by atoms with E-state index in [1.807, 2.05) is 26.8 Å². The fraction of sp³-hybridized carbons (Fsp3) is 0.278. The second kappa shape index (κ2) is 9.22. The quantitative estimate of drug-likeness (QED) is 0.349. The van der Waals surface area contributed by atoms with Crippen LogP contribution >= 0.6 is 22.6 Å². The van der Waals surface area contributed by atoms with E-state index in [9.17, 15) is 8.42 Å². The molecule has 0 unspecified atom stereocenters. The molecular formula is C18H21IN2O4S. The first-order valence-corrected chi connectivity index (χ1v) is 10.6. The summed E-state index contributed by atoms with van der Waals surface area (Å²) >= 11 is 2.15. The molecule has 0 radical (unpaired) electrons. The number of ether oxygens (including phenoxy) is 2. The fourth-order valence-electron chi connectivity index (χ4n) is 2.15. The maximum absolute atomic E-state index is 12.2. The summed E-state index contributed by atoms with van der Waals surface area (Å²) in [5, 5.41) is 3.87. The third-order valence-corrected chi connectivity index (χ3v) is 5.38. The molecule has 0 saturated carbocycles. The molecule has 2 rings (SSSR count). The molecule has 26 heavy (non-hydrogen) atoms. The van der Waals surface area contributed by atoms with E-state index in [2.05, 4.69) is 32.5 Å². The largest absolute Gasteiger partial charge is 0.490 e. The highest BCUT2D eigenvalue weighted by molar-refractivity contribution is 14.1. The zero-order valence-electron chi connectivity index (χ0n) is 14.8. The number of hydrogen-bond acceptors (Lipinski definition) is 5. The number of halogens is 1. The van der Waals surface area contributed by atoms with Gasteiger partial charge in [-0.3, -0.25) is 0 Å².